The van der Waals surface area contributed by atoms with E-state index < -0.39 is 0 Å². The second kappa shape index (κ2) is 7.93. The Hall–Kier alpha value is -4.57. The summed E-state index contributed by atoms with van der Waals surface area (Å²) in [5.41, 5.74) is 3.77. The number of hydrogen-bond acceptors (Lipinski definition) is 6. The van der Waals surface area contributed by atoms with Crippen molar-refractivity contribution < 1.29 is 14.3 Å². The number of hydrogen-bond donors (Lipinski definition) is 0. The lowest BCUT2D eigenvalue weighted by molar-refractivity contribution is 0.0979. The zero-order valence-corrected chi connectivity index (χ0v) is 16.9. The van der Waals surface area contributed by atoms with Crippen LogP contribution in [0.15, 0.2) is 72.9 Å². The van der Waals surface area contributed by atoms with Gasteiger partial charge in [-0.15, -0.1) is 5.10 Å². The number of nitriles is 1. The lowest BCUT2D eigenvalue weighted by Crippen LogP contribution is -2.21. The van der Waals surface area contributed by atoms with Gasteiger partial charge in [0.15, 0.2) is 11.6 Å². The highest BCUT2D eigenvalue weighted by atomic mass is 16.5. The number of carbonyl (C=O) groups excluding carboxylic acids is 2. The highest BCUT2D eigenvalue weighted by molar-refractivity contribution is 6.28. The maximum atomic E-state index is 12.9. The van der Waals surface area contributed by atoms with Crippen LogP contribution in [0.5, 0.6) is 5.75 Å². The summed E-state index contributed by atoms with van der Waals surface area (Å²) in [5.74, 6) is 0.355. The third-order valence-electron chi connectivity index (χ3n) is 5.29. The molecule has 0 fully saturated rings. The lowest BCUT2D eigenvalue weighted by atomic mass is 9.83. The van der Waals surface area contributed by atoms with Crippen molar-refractivity contribution in [2.45, 2.75) is 13.2 Å². The van der Waals surface area contributed by atoms with Gasteiger partial charge >= 0.3 is 0 Å². The Bertz CT molecular complexity index is 1400. The number of benzene rings is 3. The van der Waals surface area contributed by atoms with Crippen LogP contribution in [0.3, 0.4) is 0 Å². The van der Waals surface area contributed by atoms with E-state index in [2.05, 4.69) is 16.4 Å². The van der Waals surface area contributed by atoms with Crippen LogP contribution < -0.4 is 4.74 Å². The molecule has 0 radical (unpaired) electrons. The summed E-state index contributed by atoms with van der Waals surface area (Å²) < 4.78 is 7.34. The third kappa shape index (κ3) is 3.55. The standard InChI is InChI=1S/C25H16N4O3/c26-12-16-5-8-19(9-6-16)32-15-18-14-29(28-27-18)13-17-7-10-22-23(11-17)25(31)21-4-2-1-3-20(21)24(22)30/h1-11,14H,13,15H2. The first kappa shape index (κ1) is 19.4. The summed E-state index contributed by atoms with van der Waals surface area (Å²) in [7, 11) is 0. The number of nitrogens with zero attached hydrogens (tertiary/aromatic N) is 4. The first-order valence-electron chi connectivity index (χ1n) is 9.96. The van der Waals surface area contributed by atoms with Gasteiger partial charge in [-0.3, -0.25) is 9.59 Å². The molecule has 0 atom stereocenters. The van der Waals surface area contributed by atoms with Crippen LogP contribution in [-0.4, -0.2) is 26.6 Å². The summed E-state index contributed by atoms with van der Waals surface area (Å²) in [5, 5.41) is 17.1. The van der Waals surface area contributed by atoms with Crippen molar-refractivity contribution in [1.29, 1.82) is 5.26 Å². The molecule has 0 saturated heterocycles. The van der Waals surface area contributed by atoms with E-state index in [0.29, 0.717) is 45.8 Å². The highest BCUT2D eigenvalue weighted by Crippen LogP contribution is 2.28. The minimum absolute atomic E-state index is 0.134. The van der Waals surface area contributed by atoms with Crippen molar-refractivity contribution in [2.24, 2.45) is 0 Å². The first-order valence-corrected chi connectivity index (χ1v) is 9.96. The zero-order valence-electron chi connectivity index (χ0n) is 16.9. The molecular formula is C25H16N4O3. The Morgan fingerprint density at radius 1 is 0.875 bits per heavy atom. The third-order valence-corrected chi connectivity index (χ3v) is 5.29. The number of fused-ring (bicyclic) bond motifs is 2. The summed E-state index contributed by atoms with van der Waals surface area (Å²) in [4.78, 5) is 25.6. The molecule has 0 bridgehead atoms. The Kier molecular flexibility index (Phi) is 4.81. The summed E-state index contributed by atoms with van der Waals surface area (Å²) in [6.45, 7) is 0.639. The average Bonchev–Trinajstić information content (AvgIpc) is 3.28. The van der Waals surface area contributed by atoms with E-state index in [-0.39, 0.29) is 18.2 Å². The molecule has 7 nitrogen and oxygen atoms in total. The van der Waals surface area contributed by atoms with Gasteiger partial charge in [0.25, 0.3) is 0 Å². The van der Waals surface area contributed by atoms with E-state index in [1.54, 1.807) is 71.5 Å². The van der Waals surface area contributed by atoms with Crippen molar-refractivity contribution in [3.05, 3.63) is 112 Å². The first-order chi connectivity index (χ1) is 15.6. The monoisotopic (exact) mass is 420 g/mol. The quantitative estimate of drug-likeness (QED) is 0.431. The fraction of sp³-hybridized carbons (Fsp3) is 0.0800. The lowest BCUT2D eigenvalue weighted by Gasteiger charge is -2.18. The zero-order chi connectivity index (χ0) is 22.1. The molecule has 32 heavy (non-hydrogen) atoms. The van der Waals surface area contributed by atoms with E-state index >= 15 is 0 Å². The second-order valence-corrected chi connectivity index (χ2v) is 7.42. The Morgan fingerprint density at radius 2 is 1.56 bits per heavy atom. The number of ether oxygens (including phenoxy) is 1. The van der Waals surface area contributed by atoms with Crippen LogP contribution in [0.2, 0.25) is 0 Å². The summed E-state index contributed by atoms with van der Waals surface area (Å²) in [6, 6.07) is 21.1. The Balaban J connectivity index is 1.30. The van der Waals surface area contributed by atoms with Crippen molar-refractivity contribution in [2.75, 3.05) is 0 Å². The topological polar surface area (TPSA) is 97.9 Å². The van der Waals surface area contributed by atoms with Crippen LogP contribution in [-0.2, 0) is 13.2 Å². The SMILES string of the molecule is N#Cc1ccc(OCc2cn(Cc3ccc4c(c3)C(=O)c3ccccc3C4=O)nn2)cc1. The molecule has 1 heterocycles. The van der Waals surface area contributed by atoms with Gasteiger partial charge in [-0.1, -0.05) is 35.5 Å². The second-order valence-electron chi connectivity index (χ2n) is 7.42. The van der Waals surface area contributed by atoms with Crippen molar-refractivity contribution in [3.8, 4) is 11.8 Å². The molecule has 0 aliphatic heterocycles. The van der Waals surface area contributed by atoms with E-state index in [1.807, 2.05) is 6.07 Å². The minimum atomic E-state index is -0.146. The van der Waals surface area contributed by atoms with Gasteiger partial charge in [0.1, 0.15) is 18.1 Å². The minimum Gasteiger partial charge on any atom is -0.487 e. The molecule has 4 aromatic rings. The number of carbonyl (C=O) groups is 2. The summed E-state index contributed by atoms with van der Waals surface area (Å²) in [6.07, 6.45) is 1.77. The predicted octanol–water partition coefficient (Wildman–Crippen LogP) is 3.55. The molecule has 0 amide bonds. The maximum Gasteiger partial charge on any atom is 0.194 e. The number of ketones is 2. The van der Waals surface area contributed by atoms with Crippen LogP contribution >= 0.6 is 0 Å². The largest absolute Gasteiger partial charge is 0.487 e. The van der Waals surface area contributed by atoms with Gasteiger partial charge in [0.05, 0.1) is 24.4 Å². The molecule has 1 aliphatic carbocycles. The van der Waals surface area contributed by atoms with E-state index in [4.69, 9.17) is 10.00 Å². The molecule has 0 N–H and O–H groups in total. The van der Waals surface area contributed by atoms with Crippen LogP contribution in [0.1, 0.15) is 48.7 Å². The van der Waals surface area contributed by atoms with Gasteiger partial charge in [-0.05, 0) is 42.0 Å². The normalized spacial score (nSPS) is 12.1. The van der Waals surface area contributed by atoms with Crippen molar-refractivity contribution in [1.82, 2.24) is 15.0 Å². The molecule has 0 saturated carbocycles. The highest BCUT2D eigenvalue weighted by Gasteiger charge is 2.29. The molecule has 7 heteroatoms. The number of aromatic nitrogens is 3. The van der Waals surface area contributed by atoms with Gasteiger partial charge in [0.2, 0.25) is 0 Å². The molecule has 0 unspecified atom stereocenters. The van der Waals surface area contributed by atoms with Gasteiger partial charge in [-0.25, -0.2) is 4.68 Å². The predicted molar refractivity (Wildman–Crippen MR) is 114 cm³/mol. The average molecular weight is 420 g/mol. The fourth-order valence-electron chi connectivity index (χ4n) is 3.70. The fourth-order valence-corrected chi connectivity index (χ4v) is 3.70. The molecular weight excluding hydrogens is 404 g/mol. The van der Waals surface area contributed by atoms with Crippen LogP contribution in [0.25, 0.3) is 0 Å². The van der Waals surface area contributed by atoms with Gasteiger partial charge in [-0.2, -0.15) is 5.26 Å². The van der Waals surface area contributed by atoms with Crippen LogP contribution in [0.4, 0.5) is 0 Å². The van der Waals surface area contributed by atoms with E-state index in [0.717, 1.165) is 5.56 Å². The molecule has 1 aliphatic rings. The van der Waals surface area contributed by atoms with E-state index in [1.165, 1.54) is 0 Å². The van der Waals surface area contributed by atoms with Crippen molar-refractivity contribution >= 4 is 11.6 Å². The van der Waals surface area contributed by atoms with Gasteiger partial charge in [0, 0.05) is 22.3 Å². The van der Waals surface area contributed by atoms with Crippen LogP contribution in [0, 0.1) is 11.3 Å². The molecule has 154 valence electrons. The van der Waals surface area contributed by atoms with Crippen molar-refractivity contribution in [3.63, 3.8) is 0 Å². The Labute approximate surface area is 183 Å². The number of rotatable bonds is 5. The Morgan fingerprint density at radius 3 is 2.28 bits per heavy atom. The molecule has 1 aromatic heterocycles. The maximum absolute atomic E-state index is 12.9. The summed E-state index contributed by atoms with van der Waals surface area (Å²) >= 11 is 0. The smallest absolute Gasteiger partial charge is 0.194 e. The molecule has 5 rings (SSSR count). The molecule has 3 aromatic carbocycles. The van der Waals surface area contributed by atoms with E-state index in [9.17, 15) is 9.59 Å². The van der Waals surface area contributed by atoms with Gasteiger partial charge < -0.3 is 4.74 Å². The molecule has 0 spiro atoms.